The number of anilines is 1. The lowest BCUT2D eigenvalue weighted by atomic mass is 10.1. The van der Waals surface area contributed by atoms with E-state index >= 15 is 0 Å². The highest BCUT2D eigenvalue weighted by atomic mass is 32.1. The summed E-state index contributed by atoms with van der Waals surface area (Å²) in [6.45, 7) is 7.68. The molecule has 0 saturated carbocycles. The summed E-state index contributed by atoms with van der Waals surface area (Å²) in [6.07, 6.45) is 4.92. The minimum atomic E-state index is -0.208. The van der Waals surface area contributed by atoms with Crippen molar-refractivity contribution in [2.45, 2.75) is 52.2 Å². The van der Waals surface area contributed by atoms with Crippen molar-refractivity contribution in [1.82, 2.24) is 15.1 Å². The van der Waals surface area contributed by atoms with Crippen molar-refractivity contribution >= 4 is 22.9 Å². The lowest BCUT2D eigenvalue weighted by Crippen LogP contribution is -2.35. The number of ether oxygens (including phenoxy) is 1. The van der Waals surface area contributed by atoms with Crippen LogP contribution < -0.4 is 5.32 Å². The maximum Gasteiger partial charge on any atom is 0.286 e. The molecule has 1 aromatic carbocycles. The number of benzene rings is 1. The van der Waals surface area contributed by atoms with E-state index in [0.717, 1.165) is 48.8 Å². The van der Waals surface area contributed by atoms with Crippen LogP contribution in [0.2, 0.25) is 0 Å². The number of carbonyl (C=O) groups is 1. The third kappa shape index (κ3) is 6.09. The van der Waals surface area contributed by atoms with Crippen LogP contribution in [-0.2, 0) is 11.3 Å². The molecule has 0 unspecified atom stereocenters. The van der Waals surface area contributed by atoms with Crippen LogP contribution in [0.4, 0.5) is 5.69 Å². The molecule has 1 atom stereocenters. The predicted octanol–water partition coefficient (Wildman–Crippen LogP) is 3.88. The predicted molar refractivity (Wildman–Crippen MR) is 108 cm³/mol. The van der Waals surface area contributed by atoms with E-state index in [1.165, 1.54) is 24.2 Å². The lowest BCUT2D eigenvalue weighted by molar-refractivity contribution is -0.00717. The minimum absolute atomic E-state index is 0.208. The van der Waals surface area contributed by atoms with Crippen LogP contribution in [0.25, 0.3) is 0 Å². The second-order valence-electron chi connectivity index (χ2n) is 7.04. The molecule has 1 aliphatic rings. The molecular formula is C20H28N4O2S. The molecule has 0 radical (unpaired) electrons. The van der Waals surface area contributed by atoms with Gasteiger partial charge in [0.05, 0.1) is 12.6 Å². The average molecular weight is 389 g/mol. The fraction of sp³-hybridized carbons (Fsp3) is 0.550. The number of amides is 1. The molecule has 1 amide bonds. The summed E-state index contributed by atoms with van der Waals surface area (Å²) in [7, 11) is 0. The molecule has 1 saturated heterocycles. The van der Waals surface area contributed by atoms with Gasteiger partial charge in [-0.1, -0.05) is 36.0 Å². The Labute approximate surface area is 164 Å². The van der Waals surface area contributed by atoms with Gasteiger partial charge < -0.3 is 10.1 Å². The smallest absolute Gasteiger partial charge is 0.286 e. The number of nitrogens with zero attached hydrogens (tertiary/aromatic N) is 3. The standard InChI is InChI=1S/C20H28N4O2S/c1-3-11-24(13-17-6-4-5-12-26-17)14-18-22-23-20(27-18)19(25)21-16-9-7-15(2)8-10-16/h7-10,17H,3-6,11-14H2,1-2H3,(H,21,25)/t17-/m0/s1. The fourth-order valence-corrected chi connectivity index (χ4v) is 3.99. The zero-order valence-corrected chi connectivity index (χ0v) is 16.9. The SMILES string of the molecule is CCCN(Cc1nnc(C(=O)Nc2ccc(C)cc2)s1)C[C@@H]1CCCCO1. The molecule has 1 aliphatic heterocycles. The first-order valence-electron chi connectivity index (χ1n) is 9.68. The first-order valence-corrected chi connectivity index (χ1v) is 10.5. The molecule has 1 aromatic heterocycles. The second kappa shape index (κ2) is 9.92. The molecule has 146 valence electrons. The summed E-state index contributed by atoms with van der Waals surface area (Å²) >= 11 is 1.36. The van der Waals surface area contributed by atoms with Gasteiger partial charge >= 0.3 is 0 Å². The Morgan fingerprint density at radius 3 is 2.81 bits per heavy atom. The summed E-state index contributed by atoms with van der Waals surface area (Å²) in [5, 5.41) is 12.5. The number of carbonyl (C=O) groups excluding carboxylic acids is 1. The third-order valence-electron chi connectivity index (χ3n) is 4.61. The Bertz CT molecular complexity index is 726. The number of nitrogens with one attached hydrogen (secondary N) is 1. The summed E-state index contributed by atoms with van der Waals surface area (Å²) in [4.78, 5) is 14.8. The molecule has 0 spiro atoms. The molecule has 27 heavy (non-hydrogen) atoms. The topological polar surface area (TPSA) is 67.4 Å². The van der Waals surface area contributed by atoms with Crippen LogP contribution in [0.1, 0.15) is 53.0 Å². The summed E-state index contributed by atoms with van der Waals surface area (Å²) in [5.74, 6) is -0.208. The highest BCUT2D eigenvalue weighted by molar-refractivity contribution is 7.13. The lowest BCUT2D eigenvalue weighted by Gasteiger charge is -2.29. The van der Waals surface area contributed by atoms with E-state index in [4.69, 9.17) is 4.74 Å². The van der Waals surface area contributed by atoms with Gasteiger partial charge in [-0.3, -0.25) is 9.69 Å². The Morgan fingerprint density at radius 1 is 1.30 bits per heavy atom. The average Bonchev–Trinajstić information content (AvgIpc) is 3.13. The highest BCUT2D eigenvalue weighted by Gasteiger charge is 2.20. The maximum atomic E-state index is 12.4. The molecule has 1 N–H and O–H groups in total. The third-order valence-corrected chi connectivity index (χ3v) is 5.51. The Hall–Kier alpha value is -1.83. The first kappa shape index (κ1) is 19.9. The zero-order chi connectivity index (χ0) is 19.1. The van der Waals surface area contributed by atoms with Crippen LogP contribution in [0.5, 0.6) is 0 Å². The first-order chi connectivity index (χ1) is 13.1. The van der Waals surface area contributed by atoms with Crippen LogP contribution in [0.3, 0.4) is 0 Å². The van der Waals surface area contributed by atoms with Crippen molar-refractivity contribution in [3.05, 3.63) is 39.8 Å². The second-order valence-corrected chi connectivity index (χ2v) is 8.11. The monoisotopic (exact) mass is 388 g/mol. The zero-order valence-electron chi connectivity index (χ0n) is 16.1. The number of hydrogen-bond donors (Lipinski definition) is 1. The Balaban J connectivity index is 1.57. The molecule has 1 fully saturated rings. The van der Waals surface area contributed by atoms with Gasteiger partial charge in [0.2, 0.25) is 5.01 Å². The fourth-order valence-electron chi connectivity index (χ4n) is 3.21. The Morgan fingerprint density at radius 2 is 2.11 bits per heavy atom. The van der Waals surface area contributed by atoms with E-state index < -0.39 is 0 Å². The highest BCUT2D eigenvalue weighted by Crippen LogP contribution is 2.18. The molecule has 7 heteroatoms. The van der Waals surface area contributed by atoms with Crippen molar-refractivity contribution in [2.24, 2.45) is 0 Å². The van der Waals surface area contributed by atoms with E-state index in [1.54, 1.807) is 0 Å². The quantitative estimate of drug-likeness (QED) is 0.743. The van der Waals surface area contributed by atoms with Crippen molar-refractivity contribution < 1.29 is 9.53 Å². The van der Waals surface area contributed by atoms with Crippen molar-refractivity contribution in [3.63, 3.8) is 0 Å². The molecule has 6 nitrogen and oxygen atoms in total. The van der Waals surface area contributed by atoms with Gasteiger partial charge in [0.15, 0.2) is 0 Å². The number of aryl methyl sites for hydroxylation is 1. The van der Waals surface area contributed by atoms with Crippen LogP contribution in [-0.4, -0.2) is 46.8 Å². The summed E-state index contributed by atoms with van der Waals surface area (Å²) in [6, 6.07) is 7.72. The van der Waals surface area contributed by atoms with Crippen LogP contribution in [0.15, 0.2) is 24.3 Å². The van der Waals surface area contributed by atoms with E-state index in [2.05, 4.69) is 27.3 Å². The van der Waals surface area contributed by atoms with Gasteiger partial charge in [-0.25, -0.2) is 0 Å². The number of aromatic nitrogens is 2. The van der Waals surface area contributed by atoms with E-state index in [1.807, 2.05) is 31.2 Å². The van der Waals surface area contributed by atoms with E-state index in [0.29, 0.717) is 17.7 Å². The molecular weight excluding hydrogens is 360 g/mol. The van der Waals surface area contributed by atoms with Gasteiger partial charge in [0.25, 0.3) is 5.91 Å². The number of rotatable bonds is 8. The van der Waals surface area contributed by atoms with Crippen molar-refractivity contribution in [3.8, 4) is 0 Å². The summed E-state index contributed by atoms with van der Waals surface area (Å²) in [5.41, 5.74) is 1.92. The minimum Gasteiger partial charge on any atom is -0.377 e. The van der Waals surface area contributed by atoms with Gasteiger partial charge in [0.1, 0.15) is 5.01 Å². The van der Waals surface area contributed by atoms with Gasteiger partial charge in [-0.05, 0) is 51.3 Å². The van der Waals surface area contributed by atoms with E-state index in [9.17, 15) is 4.79 Å². The van der Waals surface area contributed by atoms with Crippen molar-refractivity contribution in [2.75, 3.05) is 25.0 Å². The van der Waals surface area contributed by atoms with Gasteiger partial charge in [-0.15, -0.1) is 10.2 Å². The molecule has 3 rings (SSSR count). The number of hydrogen-bond acceptors (Lipinski definition) is 6. The largest absolute Gasteiger partial charge is 0.377 e. The maximum absolute atomic E-state index is 12.4. The molecule has 0 bridgehead atoms. The van der Waals surface area contributed by atoms with Gasteiger partial charge in [0, 0.05) is 18.8 Å². The Kier molecular flexibility index (Phi) is 7.32. The van der Waals surface area contributed by atoms with Crippen LogP contribution in [0, 0.1) is 6.92 Å². The normalized spacial score (nSPS) is 17.2. The molecule has 0 aliphatic carbocycles. The molecule has 2 heterocycles. The molecule has 2 aromatic rings. The van der Waals surface area contributed by atoms with Gasteiger partial charge in [-0.2, -0.15) is 0 Å². The van der Waals surface area contributed by atoms with Crippen molar-refractivity contribution in [1.29, 1.82) is 0 Å². The van der Waals surface area contributed by atoms with Crippen LogP contribution >= 0.6 is 11.3 Å². The summed E-state index contributed by atoms with van der Waals surface area (Å²) < 4.78 is 5.87. The van der Waals surface area contributed by atoms with E-state index in [-0.39, 0.29) is 5.91 Å².